The molecule has 0 unspecified atom stereocenters. The smallest absolute Gasteiger partial charge is 0.305 e. The Morgan fingerprint density at radius 3 is 2.41 bits per heavy atom. The lowest BCUT2D eigenvalue weighted by atomic mass is 10.1. The first kappa shape index (κ1) is 21.5. The Morgan fingerprint density at radius 1 is 1.07 bits per heavy atom. The van der Waals surface area contributed by atoms with Crippen LogP contribution in [0.2, 0.25) is 0 Å². The molecule has 2 amide bonds. The van der Waals surface area contributed by atoms with Crippen molar-refractivity contribution in [1.29, 1.82) is 0 Å². The van der Waals surface area contributed by atoms with Crippen molar-refractivity contribution in [2.24, 2.45) is 10.9 Å². The molecule has 9 nitrogen and oxygen atoms in total. The maximum atomic E-state index is 12.2. The summed E-state index contributed by atoms with van der Waals surface area (Å²) in [7, 11) is 1.32. The van der Waals surface area contributed by atoms with Crippen LogP contribution in [-0.2, 0) is 25.5 Å². The minimum absolute atomic E-state index is 0.00321. The first-order valence-corrected chi connectivity index (χ1v) is 8.95. The molecule has 2 rings (SSSR count). The van der Waals surface area contributed by atoms with Gasteiger partial charge in [0, 0.05) is 31.1 Å². The van der Waals surface area contributed by atoms with Crippen molar-refractivity contribution in [3.05, 3.63) is 53.7 Å². The lowest BCUT2D eigenvalue weighted by Crippen LogP contribution is -2.18. The minimum atomic E-state index is -0.342. The van der Waals surface area contributed by atoms with E-state index in [0.717, 1.165) is 11.1 Å². The van der Waals surface area contributed by atoms with Gasteiger partial charge in [-0.3, -0.25) is 14.4 Å². The number of carbonyl (C=O) groups is 3. The number of nitrogens with two attached hydrogens (primary N) is 1. The highest BCUT2D eigenvalue weighted by Gasteiger charge is 2.12. The summed E-state index contributed by atoms with van der Waals surface area (Å²) < 4.78 is 4.62. The maximum absolute atomic E-state index is 12.2. The van der Waals surface area contributed by atoms with Crippen molar-refractivity contribution >= 4 is 35.5 Å². The monoisotopic (exact) mass is 397 g/mol. The Labute approximate surface area is 168 Å². The fraction of sp³-hybridized carbons (Fsp3) is 0.250. The second kappa shape index (κ2) is 11.2. The van der Waals surface area contributed by atoms with Gasteiger partial charge in [0.05, 0.1) is 13.3 Å². The highest BCUT2D eigenvalue weighted by atomic mass is 16.5. The van der Waals surface area contributed by atoms with Crippen LogP contribution in [0.1, 0.15) is 30.4 Å². The normalized spacial score (nSPS) is 10.5. The third-order valence-electron chi connectivity index (χ3n) is 3.97. The van der Waals surface area contributed by atoms with E-state index in [1.165, 1.54) is 13.3 Å². The first-order valence-electron chi connectivity index (χ1n) is 8.95. The largest absolute Gasteiger partial charge is 0.469 e. The number of benzene rings is 1. The number of hydrogen-bond acceptors (Lipinski definition) is 7. The van der Waals surface area contributed by atoms with Gasteiger partial charge in [-0.25, -0.2) is 4.98 Å². The molecule has 4 N–H and O–H groups in total. The van der Waals surface area contributed by atoms with E-state index in [-0.39, 0.29) is 37.0 Å². The average molecular weight is 397 g/mol. The number of aryl methyl sites for hydroxylation is 1. The van der Waals surface area contributed by atoms with Crippen LogP contribution in [0.4, 0.5) is 11.5 Å². The number of ether oxygens (including phenoxy) is 1. The number of anilines is 2. The minimum Gasteiger partial charge on any atom is -0.469 e. The molecular weight excluding hydrogens is 374 g/mol. The van der Waals surface area contributed by atoms with E-state index in [0.29, 0.717) is 17.9 Å². The Kier molecular flexibility index (Phi) is 8.30. The number of pyridine rings is 1. The van der Waals surface area contributed by atoms with Crippen LogP contribution in [0.5, 0.6) is 0 Å². The standard InChI is InChI=1S/C20H23N5O4/c1-29-19(28)11-6-15-3-2-12-22-20(15)25-18(27)10-9-17(26)24-16-7-4-14(5-8-16)13-23-21/h2-5,7-8,12-13H,6,9-11,21H2,1H3,(H,24,26)(H,22,25,27). The molecule has 1 heterocycles. The van der Waals surface area contributed by atoms with E-state index in [1.807, 2.05) is 0 Å². The lowest BCUT2D eigenvalue weighted by Gasteiger charge is -2.10. The quantitative estimate of drug-likeness (QED) is 0.256. The number of hydrazone groups is 1. The van der Waals surface area contributed by atoms with Crippen molar-refractivity contribution in [3.63, 3.8) is 0 Å². The number of amides is 2. The molecule has 0 saturated carbocycles. The molecule has 152 valence electrons. The molecule has 1 aromatic carbocycles. The number of hydrogen-bond donors (Lipinski definition) is 3. The second-order valence-electron chi connectivity index (χ2n) is 6.08. The van der Waals surface area contributed by atoms with Crippen LogP contribution in [0.15, 0.2) is 47.7 Å². The summed E-state index contributed by atoms with van der Waals surface area (Å²) >= 11 is 0. The highest BCUT2D eigenvalue weighted by molar-refractivity contribution is 5.96. The number of aromatic nitrogens is 1. The van der Waals surface area contributed by atoms with Crippen LogP contribution < -0.4 is 16.5 Å². The molecule has 0 spiro atoms. The van der Waals surface area contributed by atoms with E-state index >= 15 is 0 Å². The van der Waals surface area contributed by atoms with E-state index < -0.39 is 0 Å². The molecule has 0 aliphatic carbocycles. The van der Waals surface area contributed by atoms with Crippen molar-refractivity contribution in [3.8, 4) is 0 Å². The van der Waals surface area contributed by atoms with E-state index in [9.17, 15) is 14.4 Å². The zero-order valence-electron chi connectivity index (χ0n) is 16.1. The number of nitrogens with zero attached hydrogens (tertiary/aromatic N) is 2. The zero-order valence-corrected chi connectivity index (χ0v) is 16.1. The topological polar surface area (TPSA) is 136 Å². The van der Waals surface area contributed by atoms with Gasteiger partial charge in [0.2, 0.25) is 11.8 Å². The molecule has 29 heavy (non-hydrogen) atoms. The highest BCUT2D eigenvalue weighted by Crippen LogP contribution is 2.15. The van der Waals surface area contributed by atoms with Crippen LogP contribution in [0, 0.1) is 0 Å². The van der Waals surface area contributed by atoms with E-state index in [2.05, 4.69) is 25.5 Å². The average Bonchev–Trinajstić information content (AvgIpc) is 2.73. The number of esters is 1. The Balaban J connectivity index is 1.83. The third-order valence-corrected chi connectivity index (χ3v) is 3.97. The summed E-state index contributed by atoms with van der Waals surface area (Å²) in [6.07, 6.45) is 3.62. The molecule has 0 aliphatic rings. The fourth-order valence-corrected chi connectivity index (χ4v) is 2.48. The fourth-order valence-electron chi connectivity index (χ4n) is 2.48. The number of rotatable bonds is 9. The first-order chi connectivity index (χ1) is 14.0. The Morgan fingerprint density at radius 2 is 1.76 bits per heavy atom. The van der Waals surface area contributed by atoms with Crippen LogP contribution in [0.25, 0.3) is 0 Å². The second-order valence-corrected chi connectivity index (χ2v) is 6.08. The van der Waals surface area contributed by atoms with Gasteiger partial charge in [-0.2, -0.15) is 5.10 Å². The zero-order chi connectivity index (χ0) is 21.1. The van der Waals surface area contributed by atoms with Crippen molar-refractivity contribution in [2.75, 3.05) is 17.7 Å². The molecule has 0 atom stereocenters. The molecule has 0 fully saturated rings. The lowest BCUT2D eigenvalue weighted by molar-refractivity contribution is -0.140. The van der Waals surface area contributed by atoms with Crippen LogP contribution >= 0.6 is 0 Å². The molecule has 2 aromatic rings. The van der Waals surface area contributed by atoms with Gasteiger partial charge in [0.25, 0.3) is 0 Å². The van der Waals surface area contributed by atoms with Gasteiger partial charge in [-0.1, -0.05) is 18.2 Å². The Hall–Kier alpha value is -3.75. The van der Waals surface area contributed by atoms with E-state index in [1.54, 1.807) is 42.6 Å². The number of nitrogens with one attached hydrogen (secondary N) is 2. The summed E-state index contributed by atoms with van der Waals surface area (Å²) in [6, 6.07) is 10.5. The summed E-state index contributed by atoms with van der Waals surface area (Å²) in [5.74, 6) is 4.49. The summed E-state index contributed by atoms with van der Waals surface area (Å²) in [6.45, 7) is 0. The number of carbonyl (C=O) groups excluding carboxylic acids is 3. The molecular formula is C20H23N5O4. The van der Waals surface area contributed by atoms with Gasteiger partial charge in [-0.15, -0.1) is 0 Å². The third kappa shape index (κ3) is 7.41. The van der Waals surface area contributed by atoms with Gasteiger partial charge in [0.15, 0.2) is 0 Å². The predicted octanol–water partition coefficient (Wildman–Crippen LogP) is 1.84. The summed E-state index contributed by atoms with van der Waals surface area (Å²) in [5.41, 5.74) is 2.14. The van der Waals surface area contributed by atoms with Gasteiger partial charge in [-0.05, 0) is 35.7 Å². The molecule has 0 radical (unpaired) electrons. The van der Waals surface area contributed by atoms with Gasteiger partial charge in [0.1, 0.15) is 5.82 Å². The maximum Gasteiger partial charge on any atom is 0.305 e. The molecule has 9 heteroatoms. The Bertz CT molecular complexity index is 881. The molecule has 0 bridgehead atoms. The van der Waals surface area contributed by atoms with Crippen molar-refractivity contribution in [1.82, 2.24) is 4.98 Å². The van der Waals surface area contributed by atoms with Gasteiger partial charge >= 0.3 is 5.97 Å². The van der Waals surface area contributed by atoms with Gasteiger partial charge < -0.3 is 21.2 Å². The molecule has 0 saturated heterocycles. The van der Waals surface area contributed by atoms with Crippen LogP contribution in [0.3, 0.4) is 0 Å². The summed E-state index contributed by atoms with van der Waals surface area (Å²) in [5, 5.41) is 8.83. The molecule has 1 aromatic heterocycles. The van der Waals surface area contributed by atoms with Crippen molar-refractivity contribution < 1.29 is 19.1 Å². The van der Waals surface area contributed by atoms with Crippen LogP contribution in [-0.4, -0.2) is 36.1 Å². The summed E-state index contributed by atoms with van der Waals surface area (Å²) in [4.78, 5) is 39.7. The van der Waals surface area contributed by atoms with E-state index in [4.69, 9.17) is 5.84 Å². The molecule has 0 aliphatic heterocycles. The SMILES string of the molecule is COC(=O)CCc1cccnc1NC(=O)CCC(=O)Nc1ccc(C=NN)cc1. The number of methoxy groups -OCH3 is 1. The van der Waals surface area contributed by atoms with Crippen molar-refractivity contribution in [2.45, 2.75) is 25.7 Å². The predicted molar refractivity (Wildman–Crippen MR) is 109 cm³/mol.